The molecule has 1 rings (SSSR count). The van der Waals surface area contributed by atoms with Crippen molar-refractivity contribution in [1.82, 2.24) is 14.3 Å². The molecule has 1 aromatic heterocycles. The Labute approximate surface area is 109 Å². The third-order valence-corrected chi connectivity index (χ3v) is 3.51. The van der Waals surface area contributed by atoms with Crippen LogP contribution < -0.4 is 4.72 Å². The molecular weight excluding hydrogens is 278 g/mol. The van der Waals surface area contributed by atoms with Gasteiger partial charge in [-0.2, -0.15) is 4.72 Å². The van der Waals surface area contributed by atoms with E-state index >= 15 is 0 Å². The van der Waals surface area contributed by atoms with Crippen LogP contribution in [0.15, 0.2) is 17.6 Å². The van der Waals surface area contributed by atoms with E-state index in [9.17, 15) is 18.0 Å². The number of aryl methyl sites for hydroxylation is 1. The lowest BCUT2D eigenvalue weighted by molar-refractivity contribution is -0.147. The Morgan fingerprint density at radius 2 is 2.21 bits per heavy atom. The Morgan fingerprint density at radius 1 is 1.58 bits per heavy atom. The molecule has 0 aliphatic carbocycles. The van der Waals surface area contributed by atoms with Crippen LogP contribution in [0.5, 0.6) is 0 Å². The summed E-state index contributed by atoms with van der Waals surface area (Å²) in [6, 6.07) is -1.61. The maximum absolute atomic E-state index is 11.8. The molecular formula is C9H13N3O6S. The zero-order valence-electron chi connectivity index (χ0n) is 10.2. The average molecular weight is 291 g/mol. The van der Waals surface area contributed by atoms with Crippen LogP contribution in [0.4, 0.5) is 0 Å². The normalized spacial score (nSPS) is 12.9. The van der Waals surface area contributed by atoms with E-state index in [0.717, 1.165) is 7.11 Å². The topological polar surface area (TPSA) is 128 Å². The maximum Gasteiger partial charge on any atom is 0.322 e. The van der Waals surface area contributed by atoms with E-state index in [2.05, 4.69) is 9.72 Å². The number of aliphatic carboxylic acids is 1. The maximum atomic E-state index is 11.8. The van der Waals surface area contributed by atoms with E-state index in [4.69, 9.17) is 5.11 Å². The monoisotopic (exact) mass is 291 g/mol. The van der Waals surface area contributed by atoms with Crippen LogP contribution in [0, 0.1) is 0 Å². The second-order valence-corrected chi connectivity index (χ2v) is 5.33. The van der Waals surface area contributed by atoms with Gasteiger partial charge in [0.05, 0.1) is 19.9 Å². The molecule has 0 saturated heterocycles. The van der Waals surface area contributed by atoms with Crippen LogP contribution in [-0.4, -0.2) is 48.2 Å². The van der Waals surface area contributed by atoms with E-state index < -0.39 is 34.4 Å². The van der Waals surface area contributed by atoms with E-state index in [1.807, 2.05) is 4.72 Å². The molecule has 0 aromatic carbocycles. The van der Waals surface area contributed by atoms with Crippen molar-refractivity contribution in [3.05, 3.63) is 12.5 Å². The first-order valence-electron chi connectivity index (χ1n) is 5.06. The molecule has 0 radical (unpaired) electrons. The number of sulfonamides is 1. The molecule has 0 spiro atoms. The number of ether oxygens (including phenoxy) is 1. The minimum Gasteiger partial charge on any atom is -0.480 e. The first-order valence-corrected chi connectivity index (χ1v) is 6.54. The van der Waals surface area contributed by atoms with Gasteiger partial charge < -0.3 is 14.4 Å². The third kappa shape index (κ3) is 4.03. The molecule has 1 heterocycles. The van der Waals surface area contributed by atoms with Crippen LogP contribution in [0.25, 0.3) is 0 Å². The lowest BCUT2D eigenvalue weighted by atomic mass is 10.2. The van der Waals surface area contributed by atoms with Gasteiger partial charge in [-0.25, -0.2) is 13.4 Å². The van der Waals surface area contributed by atoms with Crippen molar-refractivity contribution in [2.45, 2.75) is 17.5 Å². The number of nitrogens with one attached hydrogen (secondary N) is 1. The van der Waals surface area contributed by atoms with Gasteiger partial charge in [0, 0.05) is 13.2 Å². The summed E-state index contributed by atoms with van der Waals surface area (Å²) in [5.74, 6) is -2.32. The van der Waals surface area contributed by atoms with Crippen LogP contribution in [-0.2, 0) is 31.4 Å². The first kappa shape index (κ1) is 15.1. The van der Waals surface area contributed by atoms with E-state index in [-0.39, 0.29) is 5.03 Å². The average Bonchev–Trinajstić information content (AvgIpc) is 2.75. The highest BCUT2D eigenvalue weighted by Gasteiger charge is 2.29. The Morgan fingerprint density at radius 3 is 2.63 bits per heavy atom. The van der Waals surface area contributed by atoms with Crippen LogP contribution in [0.3, 0.4) is 0 Å². The van der Waals surface area contributed by atoms with Gasteiger partial charge in [-0.15, -0.1) is 0 Å². The van der Waals surface area contributed by atoms with Crippen molar-refractivity contribution < 1.29 is 27.9 Å². The SMILES string of the molecule is COC(=O)C[C@H](NS(=O)(=O)c1cn(C)cn1)C(=O)O. The standard InChI is InChI=1S/C9H13N3O6S/c1-12-4-7(10-5-12)19(16,17)11-6(9(14)15)3-8(13)18-2/h4-6,11H,3H2,1-2H3,(H,14,15)/t6-/m0/s1. The third-order valence-electron chi connectivity index (χ3n) is 2.15. The molecule has 9 nitrogen and oxygen atoms in total. The van der Waals surface area contributed by atoms with Gasteiger partial charge in [0.1, 0.15) is 6.04 Å². The van der Waals surface area contributed by atoms with E-state index in [1.54, 1.807) is 7.05 Å². The second-order valence-electron chi connectivity index (χ2n) is 3.67. The van der Waals surface area contributed by atoms with Gasteiger partial charge in [0.25, 0.3) is 10.0 Å². The van der Waals surface area contributed by atoms with Gasteiger partial charge in [0.2, 0.25) is 0 Å². The Balaban J connectivity index is 2.90. The minimum atomic E-state index is -4.11. The number of imidazole rings is 1. The summed E-state index contributed by atoms with van der Waals surface area (Å²) in [6.45, 7) is 0. The van der Waals surface area contributed by atoms with Gasteiger partial charge in [-0.1, -0.05) is 0 Å². The number of hydrogen-bond donors (Lipinski definition) is 2. The summed E-state index contributed by atoms with van der Waals surface area (Å²) in [5, 5.41) is 8.55. The number of carboxylic acids is 1. The molecule has 10 heteroatoms. The fourth-order valence-electron chi connectivity index (χ4n) is 1.20. The Bertz CT molecular complexity index is 579. The largest absolute Gasteiger partial charge is 0.480 e. The second kappa shape index (κ2) is 5.80. The van der Waals surface area contributed by atoms with Gasteiger partial charge in [0.15, 0.2) is 5.03 Å². The Hall–Kier alpha value is -1.94. The molecule has 0 fully saturated rings. The zero-order valence-corrected chi connectivity index (χ0v) is 11.0. The molecule has 0 amide bonds. The van der Waals surface area contributed by atoms with Gasteiger partial charge in [-0.05, 0) is 0 Å². The zero-order chi connectivity index (χ0) is 14.6. The number of carbonyl (C=O) groups is 2. The van der Waals surface area contributed by atoms with E-state index in [1.165, 1.54) is 17.1 Å². The quantitative estimate of drug-likeness (QED) is 0.624. The molecule has 0 saturated carbocycles. The highest BCUT2D eigenvalue weighted by molar-refractivity contribution is 7.89. The number of hydrogen-bond acceptors (Lipinski definition) is 6. The summed E-state index contributed by atoms with van der Waals surface area (Å²) in [6.07, 6.45) is 1.85. The van der Waals surface area contributed by atoms with Gasteiger partial charge in [-0.3, -0.25) is 9.59 Å². The predicted molar refractivity (Wildman–Crippen MR) is 61.6 cm³/mol. The number of aromatic nitrogens is 2. The fourth-order valence-corrected chi connectivity index (χ4v) is 2.38. The molecule has 0 aliphatic heterocycles. The molecule has 1 atom stereocenters. The minimum absolute atomic E-state index is 0.328. The van der Waals surface area contributed by atoms with Crippen molar-refractivity contribution in [1.29, 1.82) is 0 Å². The molecule has 1 aromatic rings. The highest BCUT2D eigenvalue weighted by atomic mass is 32.2. The molecule has 0 aliphatic rings. The number of rotatable bonds is 6. The molecule has 2 N–H and O–H groups in total. The van der Waals surface area contributed by atoms with Crippen molar-refractivity contribution in [3.8, 4) is 0 Å². The van der Waals surface area contributed by atoms with Crippen LogP contribution >= 0.6 is 0 Å². The van der Waals surface area contributed by atoms with Crippen molar-refractivity contribution in [2.75, 3.05) is 7.11 Å². The molecule has 19 heavy (non-hydrogen) atoms. The van der Waals surface area contributed by atoms with Gasteiger partial charge >= 0.3 is 11.9 Å². The highest BCUT2D eigenvalue weighted by Crippen LogP contribution is 2.07. The molecule has 106 valence electrons. The first-order chi connectivity index (χ1) is 8.76. The summed E-state index contributed by atoms with van der Waals surface area (Å²) in [7, 11) is -1.47. The summed E-state index contributed by atoms with van der Waals surface area (Å²) in [5.41, 5.74) is 0. The number of methoxy groups -OCH3 is 1. The van der Waals surface area contributed by atoms with E-state index in [0.29, 0.717) is 0 Å². The number of esters is 1. The van der Waals surface area contributed by atoms with Crippen LogP contribution in [0.1, 0.15) is 6.42 Å². The number of carboxylic acid groups (broad SMARTS) is 1. The number of nitrogens with zero attached hydrogens (tertiary/aromatic N) is 2. The molecule has 0 bridgehead atoms. The lowest BCUT2D eigenvalue weighted by Crippen LogP contribution is -2.42. The van der Waals surface area contributed by atoms with Crippen molar-refractivity contribution in [2.24, 2.45) is 7.05 Å². The smallest absolute Gasteiger partial charge is 0.322 e. The summed E-state index contributed by atoms with van der Waals surface area (Å²) in [4.78, 5) is 25.5. The fraction of sp³-hybridized carbons (Fsp3) is 0.444. The number of carbonyl (C=O) groups excluding carboxylic acids is 1. The van der Waals surface area contributed by atoms with Crippen molar-refractivity contribution in [3.63, 3.8) is 0 Å². The predicted octanol–water partition coefficient (Wildman–Crippen LogP) is -1.29. The summed E-state index contributed by atoms with van der Waals surface area (Å²) >= 11 is 0. The van der Waals surface area contributed by atoms with Crippen molar-refractivity contribution >= 4 is 22.0 Å². The summed E-state index contributed by atoms with van der Waals surface area (Å²) < 4.78 is 31.2. The lowest BCUT2D eigenvalue weighted by Gasteiger charge is -2.12. The molecule has 0 unspecified atom stereocenters. The Kier molecular flexibility index (Phi) is 4.62. The van der Waals surface area contributed by atoms with Crippen LogP contribution in [0.2, 0.25) is 0 Å².